The average Bonchev–Trinajstić information content (AvgIpc) is 3.51. The summed E-state index contributed by atoms with van der Waals surface area (Å²) in [7, 11) is -3.83. The molecule has 1 atom stereocenters. The fraction of sp³-hybridized carbons (Fsp3) is 0.460. The van der Waals surface area contributed by atoms with Gasteiger partial charge < -0.3 is 18.5 Å². The number of halogens is 3. The predicted octanol–water partition coefficient (Wildman–Crippen LogP) is 13.4. The molecular formula is C50H63F3N4O3Si2. The molecule has 2 aromatic carbocycles. The van der Waals surface area contributed by atoms with Crippen LogP contribution < -0.4 is 4.90 Å². The van der Waals surface area contributed by atoms with Crippen molar-refractivity contribution in [3.63, 3.8) is 0 Å². The third-order valence-electron chi connectivity index (χ3n) is 12.6. The molecule has 7 nitrogen and oxygen atoms in total. The Labute approximate surface area is 370 Å². The lowest BCUT2D eigenvalue weighted by molar-refractivity contribution is -0.249. The Morgan fingerprint density at radius 3 is 1.82 bits per heavy atom. The zero-order valence-electron chi connectivity index (χ0n) is 38.6. The van der Waals surface area contributed by atoms with Gasteiger partial charge in [-0.05, 0) is 83.4 Å². The maximum atomic E-state index is 15.2. The summed E-state index contributed by atoms with van der Waals surface area (Å²) in [6.07, 6.45) is 7.03. The Morgan fingerprint density at radius 2 is 1.34 bits per heavy atom. The van der Waals surface area contributed by atoms with Gasteiger partial charge in [-0.3, -0.25) is 0 Å². The highest BCUT2D eigenvalue weighted by atomic mass is 28.4. The van der Waals surface area contributed by atoms with Crippen LogP contribution in [-0.2, 0) is 19.2 Å². The van der Waals surface area contributed by atoms with Gasteiger partial charge in [-0.2, -0.15) is 29.0 Å². The Kier molecular flexibility index (Phi) is 15.4. The van der Waals surface area contributed by atoms with Crippen molar-refractivity contribution in [2.45, 2.75) is 116 Å². The van der Waals surface area contributed by atoms with Crippen molar-refractivity contribution in [1.82, 2.24) is 0 Å². The van der Waals surface area contributed by atoms with Crippen LogP contribution in [0.4, 0.5) is 18.9 Å². The van der Waals surface area contributed by atoms with Crippen LogP contribution in [0.25, 0.3) is 6.08 Å². The Morgan fingerprint density at radius 1 is 0.790 bits per heavy atom. The van der Waals surface area contributed by atoms with Gasteiger partial charge in [-0.25, -0.2) is 0 Å². The second-order valence-corrected chi connectivity index (χ2v) is 29.6. The topological polar surface area (TPSA) is 102 Å². The van der Waals surface area contributed by atoms with Crippen LogP contribution in [0.2, 0.25) is 36.3 Å². The van der Waals surface area contributed by atoms with Gasteiger partial charge >= 0.3 is 6.18 Å². The van der Waals surface area contributed by atoms with Crippen LogP contribution in [-0.4, -0.2) is 49.1 Å². The molecule has 0 radical (unpaired) electrons. The van der Waals surface area contributed by atoms with E-state index in [9.17, 15) is 15.8 Å². The summed E-state index contributed by atoms with van der Waals surface area (Å²) in [4.78, 5) is 2.35. The number of nitriles is 3. The standard InChI is InChI=1S/C50H63F3N4O3Si2/c1-46(2,3)61(9,10)58-29-27-57(28-30-59-62(11,12)47(4,5)6)42-25-23-37(24-26-42)21-22-39-31-38(32-48(7,8)33-39)17-16-20-44-43(36-56)45(40(34-54)35-55)60-49(44,50(51,52)53)41-18-14-13-15-19-41/h13-26,31H,27-30,32-33H2,1-12H3/b20-16+,22-21+,38-17+. The fourth-order valence-electron chi connectivity index (χ4n) is 7.05. The van der Waals surface area contributed by atoms with Crippen molar-refractivity contribution in [1.29, 1.82) is 15.8 Å². The number of rotatable bonds is 14. The molecule has 1 aliphatic heterocycles. The largest absolute Gasteiger partial charge is 0.465 e. The summed E-state index contributed by atoms with van der Waals surface area (Å²) in [5, 5.41) is 29.5. The fourth-order valence-corrected chi connectivity index (χ4v) is 9.12. The molecule has 4 rings (SSSR count). The number of hydrogen-bond donors (Lipinski definition) is 0. The number of benzene rings is 2. The molecule has 0 spiro atoms. The first-order chi connectivity index (χ1) is 28.7. The van der Waals surface area contributed by atoms with E-state index in [-0.39, 0.29) is 21.1 Å². The van der Waals surface area contributed by atoms with Crippen LogP contribution in [0.3, 0.4) is 0 Å². The van der Waals surface area contributed by atoms with E-state index < -0.39 is 50.9 Å². The molecule has 330 valence electrons. The Bertz CT molecular complexity index is 2200. The minimum atomic E-state index is -5.06. The van der Waals surface area contributed by atoms with E-state index in [1.54, 1.807) is 30.4 Å². The Hall–Kier alpha value is -4.91. The van der Waals surface area contributed by atoms with E-state index in [0.717, 1.165) is 41.9 Å². The molecule has 12 heteroatoms. The number of alkyl halides is 3. The van der Waals surface area contributed by atoms with Gasteiger partial charge in [0.1, 0.15) is 23.8 Å². The van der Waals surface area contributed by atoms with E-state index in [1.807, 2.05) is 6.08 Å². The highest BCUT2D eigenvalue weighted by Crippen LogP contribution is 2.56. The lowest BCUT2D eigenvalue weighted by Gasteiger charge is -2.38. The van der Waals surface area contributed by atoms with E-state index >= 15 is 13.2 Å². The van der Waals surface area contributed by atoms with E-state index in [2.05, 4.69) is 123 Å². The van der Waals surface area contributed by atoms with Gasteiger partial charge in [0.05, 0.1) is 13.2 Å². The van der Waals surface area contributed by atoms with Crippen LogP contribution >= 0.6 is 0 Å². The second-order valence-electron chi connectivity index (χ2n) is 19.9. The van der Waals surface area contributed by atoms with Gasteiger partial charge in [0.25, 0.3) is 5.60 Å². The van der Waals surface area contributed by atoms with Gasteiger partial charge in [0.15, 0.2) is 28.0 Å². The number of hydrogen-bond acceptors (Lipinski definition) is 7. The highest BCUT2D eigenvalue weighted by molar-refractivity contribution is 6.74. The molecular weight excluding hydrogens is 818 g/mol. The first-order valence-electron chi connectivity index (χ1n) is 21.1. The van der Waals surface area contributed by atoms with Crippen LogP contribution in [0.15, 0.2) is 119 Å². The van der Waals surface area contributed by atoms with Crippen molar-refractivity contribution < 1.29 is 26.8 Å². The number of anilines is 1. The van der Waals surface area contributed by atoms with E-state index in [1.165, 1.54) is 36.4 Å². The first-order valence-corrected chi connectivity index (χ1v) is 26.9. The van der Waals surface area contributed by atoms with Gasteiger partial charge in [-0.1, -0.05) is 134 Å². The predicted molar refractivity (Wildman–Crippen MR) is 248 cm³/mol. The van der Waals surface area contributed by atoms with Gasteiger partial charge in [0.2, 0.25) is 0 Å². The zero-order valence-corrected chi connectivity index (χ0v) is 40.6. The lowest BCUT2D eigenvalue weighted by Crippen LogP contribution is -2.44. The molecule has 0 aromatic heterocycles. The van der Waals surface area contributed by atoms with E-state index in [4.69, 9.17) is 13.6 Å². The lowest BCUT2D eigenvalue weighted by atomic mass is 9.75. The first kappa shape index (κ1) is 49.7. The van der Waals surface area contributed by atoms with Gasteiger partial charge in [0, 0.05) is 29.9 Å². The third kappa shape index (κ3) is 11.6. The SMILES string of the molecule is CC1(C)CC(/C=C/c2ccc(N(CCO[Si](C)(C)C(C)(C)C)CCO[Si](C)(C)C(C)(C)C)cc2)=CC(=C\C=C\C2=C(C#N)C(=C(C#N)C#N)OC2(c2ccccc2)C(F)(F)F)/C1. The van der Waals surface area contributed by atoms with Crippen LogP contribution in [0.5, 0.6) is 0 Å². The molecule has 2 aliphatic rings. The molecule has 0 amide bonds. The van der Waals surface area contributed by atoms with Crippen molar-refractivity contribution in [2.75, 3.05) is 31.2 Å². The van der Waals surface area contributed by atoms with Crippen molar-refractivity contribution in [3.05, 3.63) is 130 Å². The van der Waals surface area contributed by atoms with Gasteiger partial charge in [-0.15, -0.1) is 0 Å². The highest BCUT2D eigenvalue weighted by Gasteiger charge is 2.65. The zero-order chi connectivity index (χ0) is 46.4. The molecule has 62 heavy (non-hydrogen) atoms. The van der Waals surface area contributed by atoms with Crippen LogP contribution in [0, 0.1) is 39.4 Å². The quantitative estimate of drug-likeness (QED) is 0.138. The molecule has 1 heterocycles. The minimum Gasteiger partial charge on any atom is -0.465 e. The molecule has 0 saturated heterocycles. The average molecular weight is 881 g/mol. The summed E-state index contributed by atoms with van der Waals surface area (Å²) < 4.78 is 64.4. The summed E-state index contributed by atoms with van der Waals surface area (Å²) in [5.74, 6) is -0.691. The molecule has 1 aliphatic carbocycles. The Balaban J connectivity index is 1.63. The molecule has 2 aromatic rings. The van der Waals surface area contributed by atoms with Crippen LogP contribution in [0.1, 0.15) is 79.4 Å². The third-order valence-corrected chi connectivity index (χ3v) is 21.7. The van der Waals surface area contributed by atoms with Crippen molar-refractivity contribution >= 4 is 28.4 Å². The van der Waals surface area contributed by atoms with Crippen molar-refractivity contribution in [2.24, 2.45) is 5.41 Å². The maximum absolute atomic E-state index is 15.2. The second kappa shape index (κ2) is 19.2. The molecule has 1 unspecified atom stereocenters. The monoisotopic (exact) mass is 880 g/mol. The summed E-state index contributed by atoms with van der Waals surface area (Å²) in [6, 6.07) is 20.4. The summed E-state index contributed by atoms with van der Waals surface area (Å²) >= 11 is 0. The smallest absolute Gasteiger partial charge is 0.437 e. The summed E-state index contributed by atoms with van der Waals surface area (Å²) in [6.45, 7) is 29.7. The molecule has 0 bridgehead atoms. The summed E-state index contributed by atoms with van der Waals surface area (Å²) in [5.41, 5.74) is -1.19. The maximum Gasteiger partial charge on any atom is 0.437 e. The molecule has 0 saturated carbocycles. The normalized spacial score (nSPS) is 19.3. The van der Waals surface area contributed by atoms with E-state index in [0.29, 0.717) is 19.6 Å². The minimum absolute atomic E-state index is 0.121. The number of ether oxygens (including phenoxy) is 1. The number of allylic oxidation sites excluding steroid dienone is 8. The number of nitrogens with zero attached hydrogens (tertiary/aromatic N) is 4. The molecule has 0 fully saturated rings. The van der Waals surface area contributed by atoms with Crippen molar-refractivity contribution in [3.8, 4) is 18.2 Å². The molecule has 0 N–H and O–H groups in total.